The van der Waals surface area contributed by atoms with Crippen LogP contribution in [-0.2, 0) is 6.54 Å². The predicted molar refractivity (Wildman–Crippen MR) is 71.3 cm³/mol. The summed E-state index contributed by atoms with van der Waals surface area (Å²) in [4.78, 5) is 11.3. The number of carboxylic acid groups (broad SMARTS) is 1. The minimum atomic E-state index is -0.962. The van der Waals surface area contributed by atoms with E-state index in [2.05, 4.69) is 12.0 Å². The number of aryl methyl sites for hydroxylation is 3. The Hall–Kier alpha value is -2.04. The third-order valence-corrected chi connectivity index (χ3v) is 3.03. The first-order chi connectivity index (χ1) is 9.02. The van der Waals surface area contributed by atoms with Crippen LogP contribution in [-0.4, -0.2) is 20.9 Å². The van der Waals surface area contributed by atoms with Crippen molar-refractivity contribution in [2.24, 2.45) is 0 Å². The summed E-state index contributed by atoms with van der Waals surface area (Å²) in [6.07, 6.45) is 3.61. The first-order valence-electron chi connectivity index (χ1n) is 6.41. The van der Waals surface area contributed by atoms with Crippen molar-refractivity contribution >= 4 is 5.97 Å². The maximum atomic E-state index is 11.3. The smallest absolute Gasteiger partial charge is 0.339 e. The molecule has 0 unspecified atom stereocenters. The first kappa shape index (κ1) is 13.4. The average Bonchev–Trinajstić information content (AvgIpc) is 2.90. The van der Waals surface area contributed by atoms with Gasteiger partial charge in [0.05, 0.1) is 0 Å². The van der Waals surface area contributed by atoms with Gasteiger partial charge < -0.3 is 9.52 Å². The number of carboxylic acids is 1. The summed E-state index contributed by atoms with van der Waals surface area (Å²) >= 11 is 0. The molecule has 0 spiro atoms. The van der Waals surface area contributed by atoms with Crippen LogP contribution in [0.15, 0.2) is 16.7 Å². The summed E-state index contributed by atoms with van der Waals surface area (Å²) < 4.78 is 7.15. The fourth-order valence-corrected chi connectivity index (χ4v) is 2.08. The standard InChI is InChI=1S/C14H18N2O3/c1-4-5-6-16-8-12(14(17)18)13(15-16)11-7-9(2)19-10(11)3/h7-8H,4-6H2,1-3H3,(H,17,18). The van der Waals surface area contributed by atoms with Gasteiger partial charge in [0.2, 0.25) is 0 Å². The van der Waals surface area contributed by atoms with Crippen LogP contribution in [0.5, 0.6) is 0 Å². The van der Waals surface area contributed by atoms with Crippen LogP contribution < -0.4 is 0 Å². The molecule has 0 radical (unpaired) electrons. The van der Waals surface area contributed by atoms with Gasteiger partial charge in [0, 0.05) is 18.3 Å². The molecule has 1 N–H and O–H groups in total. The van der Waals surface area contributed by atoms with E-state index in [-0.39, 0.29) is 5.56 Å². The molecule has 2 aromatic heterocycles. The fraction of sp³-hybridized carbons (Fsp3) is 0.429. The van der Waals surface area contributed by atoms with Crippen LogP contribution >= 0.6 is 0 Å². The second-order valence-corrected chi connectivity index (χ2v) is 4.64. The van der Waals surface area contributed by atoms with E-state index in [4.69, 9.17) is 4.42 Å². The van der Waals surface area contributed by atoms with E-state index in [9.17, 15) is 9.90 Å². The van der Waals surface area contributed by atoms with Gasteiger partial charge in [-0.1, -0.05) is 13.3 Å². The summed E-state index contributed by atoms with van der Waals surface area (Å²) in [7, 11) is 0. The highest BCUT2D eigenvalue weighted by atomic mass is 16.4. The number of unbranched alkanes of at least 4 members (excludes halogenated alkanes) is 1. The molecule has 5 nitrogen and oxygen atoms in total. The Morgan fingerprint density at radius 2 is 2.21 bits per heavy atom. The van der Waals surface area contributed by atoms with Crippen LogP contribution in [0.25, 0.3) is 11.3 Å². The number of furan rings is 1. The lowest BCUT2D eigenvalue weighted by molar-refractivity contribution is 0.0697. The van der Waals surface area contributed by atoms with Crippen molar-refractivity contribution < 1.29 is 14.3 Å². The summed E-state index contributed by atoms with van der Waals surface area (Å²) in [5.74, 6) is 0.490. The molecule has 2 heterocycles. The molecule has 5 heteroatoms. The molecule has 0 aliphatic heterocycles. The monoisotopic (exact) mass is 262 g/mol. The van der Waals surface area contributed by atoms with Gasteiger partial charge in [-0.25, -0.2) is 4.79 Å². The van der Waals surface area contributed by atoms with Crippen molar-refractivity contribution in [1.29, 1.82) is 0 Å². The Morgan fingerprint density at radius 1 is 1.47 bits per heavy atom. The van der Waals surface area contributed by atoms with Crippen LogP contribution in [0.3, 0.4) is 0 Å². The normalized spacial score (nSPS) is 10.9. The van der Waals surface area contributed by atoms with Gasteiger partial charge >= 0.3 is 5.97 Å². The molecule has 2 rings (SSSR count). The Kier molecular flexibility index (Phi) is 3.74. The largest absolute Gasteiger partial charge is 0.478 e. The second-order valence-electron chi connectivity index (χ2n) is 4.64. The number of nitrogens with zero attached hydrogens (tertiary/aromatic N) is 2. The Balaban J connectivity index is 2.46. The molecule has 0 saturated carbocycles. The lowest BCUT2D eigenvalue weighted by Gasteiger charge is -1.98. The number of rotatable bonds is 5. The topological polar surface area (TPSA) is 68.3 Å². The van der Waals surface area contributed by atoms with Gasteiger partial charge in [-0.3, -0.25) is 4.68 Å². The van der Waals surface area contributed by atoms with Gasteiger partial charge in [-0.15, -0.1) is 0 Å². The molecule has 0 atom stereocenters. The fourth-order valence-electron chi connectivity index (χ4n) is 2.08. The van der Waals surface area contributed by atoms with Crippen LogP contribution in [0.2, 0.25) is 0 Å². The quantitative estimate of drug-likeness (QED) is 0.898. The molecule has 0 aliphatic carbocycles. The van der Waals surface area contributed by atoms with Gasteiger partial charge in [0.25, 0.3) is 0 Å². The molecule has 19 heavy (non-hydrogen) atoms. The zero-order chi connectivity index (χ0) is 14.0. The molecule has 2 aromatic rings. The van der Waals surface area contributed by atoms with E-state index in [1.807, 2.05) is 19.9 Å². The lowest BCUT2D eigenvalue weighted by Crippen LogP contribution is -1.98. The van der Waals surface area contributed by atoms with Crippen LogP contribution in [0, 0.1) is 13.8 Å². The minimum absolute atomic E-state index is 0.222. The Labute approximate surface area is 111 Å². The van der Waals surface area contributed by atoms with E-state index in [0.29, 0.717) is 11.5 Å². The molecule has 0 saturated heterocycles. The summed E-state index contributed by atoms with van der Waals surface area (Å²) in [6, 6.07) is 1.83. The molecule has 0 bridgehead atoms. The van der Waals surface area contributed by atoms with E-state index < -0.39 is 5.97 Å². The van der Waals surface area contributed by atoms with E-state index in [1.54, 1.807) is 10.9 Å². The number of aromatic carboxylic acids is 1. The van der Waals surface area contributed by atoms with Crippen molar-refractivity contribution in [2.45, 2.75) is 40.2 Å². The third-order valence-electron chi connectivity index (χ3n) is 3.03. The minimum Gasteiger partial charge on any atom is -0.478 e. The Morgan fingerprint density at radius 3 is 2.74 bits per heavy atom. The molecular weight excluding hydrogens is 244 g/mol. The average molecular weight is 262 g/mol. The van der Waals surface area contributed by atoms with Gasteiger partial charge in [0.1, 0.15) is 22.8 Å². The molecule has 102 valence electrons. The van der Waals surface area contributed by atoms with E-state index >= 15 is 0 Å². The van der Waals surface area contributed by atoms with Crippen molar-refractivity contribution in [3.8, 4) is 11.3 Å². The summed E-state index contributed by atoms with van der Waals surface area (Å²) in [6.45, 7) is 6.48. The second kappa shape index (κ2) is 5.30. The molecule has 0 aromatic carbocycles. The van der Waals surface area contributed by atoms with E-state index in [1.165, 1.54) is 0 Å². The molecular formula is C14H18N2O3. The number of hydrogen-bond donors (Lipinski definition) is 1. The van der Waals surface area contributed by atoms with Crippen molar-refractivity contribution in [3.05, 3.63) is 29.3 Å². The number of hydrogen-bond acceptors (Lipinski definition) is 3. The zero-order valence-corrected chi connectivity index (χ0v) is 11.4. The highest BCUT2D eigenvalue weighted by Crippen LogP contribution is 2.28. The first-order valence-corrected chi connectivity index (χ1v) is 6.41. The summed E-state index contributed by atoms with van der Waals surface area (Å²) in [5, 5.41) is 13.7. The van der Waals surface area contributed by atoms with Gasteiger partial charge in [-0.05, 0) is 26.3 Å². The number of aromatic nitrogens is 2. The Bertz CT molecular complexity index is 596. The van der Waals surface area contributed by atoms with Gasteiger partial charge in [0.15, 0.2) is 0 Å². The molecule has 0 amide bonds. The van der Waals surface area contributed by atoms with Crippen molar-refractivity contribution in [3.63, 3.8) is 0 Å². The predicted octanol–water partition coefficient (Wildman–Crippen LogP) is 3.26. The van der Waals surface area contributed by atoms with Crippen LogP contribution in [0.4, 0.5) is 0 Å². The molecule has 0 fully saturated rings. The summed E-state index contributed by atoms with van der Waals surface area (Å²) in [5.41, 5.74) is 1.46. The number of carbonyl (C=O) groups is 1. The zero-order valence-electron chi connectivity index (χ0n) is 11.4. The van der Waals surface area contributed by atoms with Crippen molar-refractivity contribution in [2.75, 3.05) is 0 Å². The highest BCUT2D eigenvalue weighted by Gasteiger charge is 2.20. The maximum Gasteiger partial charge on any atom is 0.339 e. The molecule has 0 aliphatic rings. The maximum absolute atomic E-state index is 11.3. The third kappa shape index (κ3) is 2.70. The lowest BCUT2D eigenvalue weighted by atomic mass is 10.1. The van der Waals surface area contributed by atoms with E-state index in [0.717, 1.165) is 30.7 Å². The highest BCUT2D eigenvalue weighted by molar-refractivity contribution is 5.94. The van der Waals surface area contributed by atoms with Crippen molar-refractivity contribution in [1.82, 2.24) is 9.78 Å². The van der Waals surface area contributed by atoms with Crippen LogP contribution in [0.1, 0.15) is 41.6 Å². The SMILES string of the molecule is CCCCn1cc(C(=O)O)c(-c2cc(C)oc2C)n1. The van der Waals surface area contributed by atoms with Gasteiger partial charge in [-0.2, -0.15) is 5.10 Å².